The number of aromatic amines is 1. The Kier molecular flexibility index (Phi) is 4.78. The van der Waals surface area contributed by atoms with Crippen LogP contribution in [0.5, 0.6) is 0 Å². The van der Waals surface area contributed by atoms with Crippen molar-refractivity contribution < 1.29 is 9.32 Å². The molecule has 4 aromatic rings. The molecule has 0 saturated heterocycles. The number of aromatic nitrogens is 5. The lowest BCUT2D eigenvalue weighted by Crippen LogP contribution is -2.19. The number of amides is 1. The van der Waals surface area contributed by atoms with Gasteiger partial charge in [-0.2, -0.15) is 9.78 Å². The van der Waals surface area contributed by atoms with Crippen LogP contribution in [0.2, 0.25) is 0 Å². The molecular formula is C21H20N6O3S. The van der Waals surface area contributed by atoms with Crippen molar-refractivity contribution in [1.82, 2.24) is 24.9 Å². The zero-order valence-electron chi connectivity index (χ0n) is 17.0. The smallest absolute Gasteiger partial charge is 0.279 e. The summed E-state index contributed by atoms with van der Waals surface area (Å²) in [5.41, 5.74) is 1.20. The maximum atomic E-state index is 12.8. The summed E-state index contributed by atoms with van der Waals surface area (Å²) >= 11 is 1.52. The first-order chi connectivity index (χ1) is 15.0. The van der Waals surface area contributed by atoms with Gasteiger partial charge in [0.1, 0.15) is 17.3 Å². The van der Waals surface area contributed by atoms with Crippen molar-refractivity contribution in [3.8, 4) is 16.5 Å². The van der Waals surface area contributed by atoms with Gasteiger partial charge in [0, 0.05) is 24.1 Å². The van der Waals surface area contributed by atoms with Crippen molar-refractivity contribution in [2.45, 2.75) is 38.5 Å². The van der Waals surface area contributed by atoms with Gasteiger partial charge in [-0.3, -0.25) is 14.6 Å². The molecule has 9 nitrogen and oxygen atoms in total. The maximum Gasteiger partial charge on any atom is 0.279 e. The second-order valence-electron chi connectivity index (χ2n) is 7.80. The molecule has 1 fully saturated rings. The van der Waals surface area contributed by atoms with E-state index in [0.29, 0.717) is 23.1 Å². The number of H-pyrrole nitrogens is 1. The minimum absolute atomic E-state index is 0.0578. The number of anilines is 1. The van der Waals surface area contributed by atoms with Crippen LogP contribution in [0.1, 0.15) is 60.5 Å². The first-order valence-electron chi connectivity index (χ1n) is 10.0. The van der Waals surface area contributed by atoms with Gasteiger partial charge in [-0.1, -0.05) is 25.1 Å². The quantitative estimate of drug-likeness (QED) is 0.473. The maximum absolute atomic E-state index is 12.8. The fraction of sp³-hybridized carbons (Fsp3) is 0.286. The zero-order valence-corrected chi connectivity index (χ0v) is 17.8. The predicted molar refractivity (Wildman–Crippen MR) is 116 cm³/mol. The largest absolute Gasteiger partial charge is 0.360 e. The number of carbonyl (C=O) groups is 1. The lowest BCUT2D eigenvalue weighted by atomic mass is 10.1. The van der Waals surface area contributed by atoms with Gasteiger partial charge in [0.15, 0.2) is 5.69 Å². The summed E-state index contributed by atoms with van der Waals surface area (Å²) in [7, 11) is 0. The number of carbonyl (C=O) groups excluding carboxylic acids is 1. The SMILES string of the molecule is CC(C)c1cc(=O)[nH]c(-n2nc(-c3cccs3)cc2NC(=O)c2cc(C3CC3)on2)n1. The molecule has 2 N–H and O–H groups in total. The molecule has 1 aliphatic carbocycles. The Morgan fingerprint density at radius 3 is 2.87 bits per heavy atom. The van der Waals surface area contributed by atoms with Crippen molar-refractivity contribution in [3.05, 3.63) is 63.2 Å². The van der Waals surface area contributed by atoms with Gasteiger partial charge in [0.25, 0.3) is 11.5 Å². The summed E-state index contributed by atoms with van der Waals surface area (Å²) in [5.74, 6) is 1.33. The lowest BCUT2D eigenvalue weighted by molar-refractivity contribution is 0.101. The highest BCUT2D eigenvalue weighted by Crippen LogP contribution is 2.40. The van der Waals surface area contributed by atoms with Crippen molar-refractivity contribution in [3.63, 3.8) is 0 Å². The summed E-state index contributed by atoms with van der Waals surface area (Å²) in [6.07, 6.45) is 2.11. The Morgan fingerprint density at radius 2 is 2.16 bits per heavy atom. The average molecular weight is 436 g/mol. The van der Waals surface area contributed by atoms with Gasteiger partial charge >= 0.3 is 0 Å². The van der Waals surface area contributed by atoms with Crippen LogP contribution in [0.3, 0.4) is 0 Å². The van der Waals surface area contributed by atoms with Gasteiger partial charge in [0.2, 0.25) is 5.95 Å². The molecule has 4 heterocycles. The summed E-state index contributed by atoms with van der Waals surface area (Å²) in [6, 6.07) is 8.74. The highest BCUT2D eigenvalue weighted by Gasteiger charge is 2.29. The first kappa shape index (κ1) is 19.4. The number of nitrogens with one attached hydrogen (secondary N) is 2. The van der Waals surface area contributed by atoms with Crippen molar-refractivity contribution in [2.24, 2.45) is 0 Å². The van der Waals surface area contributed by atoms with Gasteiger partial charge in [-0.15, -0.1) is 11.3 Å². The average Bonchev–Trinajstić information content (AvgIpc) is 3.15. The van der Waals surface area contributed by atoms with Crippen molar-refractivity contribution >= 4 is 23.1 Å². The van der Waals surface area contributed by atoms with Crippen LogP contribution in [0.25, 0.3) is 16.5 Å². The number of rotatable bonds is 6. The van der Waals surface area contributed by atoms with E-state index in [9.17, 15) is 9.59 Å². The summed E-state index contributed by atoms with van der Waals surface area (Å²) in [4.78, 5) is 33.2. The van der Waals surface area contributed by atoms with E-state index in [2.05, 4.69) is 25.5 Å². The Balaban J connectivity index is 1.54. The minimum Gasteiger partial charge on any atom is -0.360 e. The normalized spacial score (nSPS) is 13.6. The van der Waals surface area contributed by atoms with Crippen LogP contribution in [-0.4, -0.2) is 30.8 Å². The summed E-state index contributed by atoms with van der Waals surface area (Å²) in [5, 5.41) is 13.3. The molecule has 0 unspecified atom stereocenters. The standard InChI is InChI=1S/C21H20N6O3S/c1-11(2)13-10-19(28)24-21(22-13)27-18(9-14(25-27)17-4-3-7-31-17)23-20(29)15-8-16(30-26-15)12-5-6-12/h3-4,7-12H,5-6H2,1-2H3,(H,23,29)(H,22,24,28). The highest BCUT2D eigenvalue weighted by atomic mass is 32.1. The fourth-order valence-corrected chi connectivity index (χ4v) is 3.85. The predicted octanol–water partition coefficient (Wildman–Crippen LogP) is 3.93. The molecule has 1 aliphatic rings. The third kappa shape index (κ3) is 3.93. The van der Waals surface area contributed by atoms with E-state index in [-0.39, 0.29) is 23.1 Å². The molecule has 0 aromatic carbocycles. The van der Waals surface area contributed by atoms with E-state index in [1.165, 1.54) is 22.1 Å². The van der Waals surface area contributed by atoms with Gasteiger partial charge in [-0.25, -0.2) is 4.98 Å². The van der Waals surface area contributed by atoms with Gasteiger partial charge < -0.3 is 9.84 Å². The Hall–Kier alpha value is -3.53. The van der Waals surface area contributed by atoms with E-state index in [0.717, 1.165) is 23.5 Å². The number of hydrogen-bond donors (Lipinski definition) is 2. The topological polar surface area (TPSA) is 119 Å². The molecule has 10 heteroatoms. The lowest BCUT2D eigenvalue weighted by Gasteiger charge is -2.09. The van der Waals surface area contributed by atoms with Crippen LogP contribution < -0.4 is 10.9 Å². The number of thiophene rings is 1. The van der Waals surface area contributed by atoms with E-state index in [4.69, 9.17) is 4.52 Å². The number of hydrogen-bond acceptors (Lipinski definition) is 7. The zero-order chi connectivity index (χ0) is 21.5. The highest BCUT2D eigenvalue weighted by molar-refractivity contribution is 7.13. The molecule has 0 radical (unpaired) electrons. The molecule has 1 saturated carbocycles. The first-order valence-corrected chi connectivity index (χ1v) is 10.9. The van der Waals surface area contributed by atoms with Crippen LogP contribution in [0, 0.1) is 0 Å². The molecule has 31 heavy (non-hydrogen) atoms. The van der Waals surface area contributed by atoms with E-state index in [1.807, 2.05) is 31.4 Å². The third-order valence-electron chi connectivity index (χ3n) is 5.01. The molecule has 4 aromatic heterocycles. The van der Waals surface area contributed by atoms with Gasteiger partial charge in [-0.05, 0) is 30.2 Å². The molecule has 0 atom stereocenters. The Labute approximate surface area is 181 Å². The van der Waals surface area contributed by atoms with E-state index >= 15 is 0 Å². The van der Waals surface area contributed by atoms with Gasteiger partial charge in [0.05, 0.1) is 10.6 Å². The minimum atomic E-state index is -0.420. The summed E-state index contributed by atoms with van der Waals surface area (Å²) in [6.45, 7) is 3.91. The van der Waals surface area contributed by atoms with Crippen LogP contribution >= 0.6 is 11.3 Å². The summed E-state index contributed by atoms with van der Waals surface area (Å²) < 4.78 is 6.73. The molecule has 0 bridgehead atoms. The van der Waals surface area contributed by atoms with Crippen LogP contribution in [0.4, 0.5) is 5.82 Å². The molecule has 5 rings (SSSR count). The molecule has 0 spiro atoms. The molecule has 0 aliphatic heterocycles. The second kappa shape index (κ2) is 7.62. The molecule has 1 amide bonds. The molecular weight excluding hydrogens is 416 g/mol. The second-order valence-corrected chi connectivity index (χ2v) is 8.74. The van der Waals surface area contributed by atoms with Crippen molar-refractivity contribution in [1.29, 1.82) is 0 Å². The Morgan fingerprint density at radius 1 is 1.32 bits per heavy atom. The molecule has 158 valence electrons. The number of nitrogens with zero attached hydrogens (tertiary/aromatic N) is 4. The fourth-order valence-electron chi connectivity index (χ4n) is 3.17. The van der Waals surface area contributed by atoms with Crippen molar-refractivity contribution in [2.75, 3.05) is 5.32 Å². The van der Waals surface area contributed by atoms with Crippen LogP contribution in [0.15, 0.2) is 45.0 Å². The third-order valence-corrected chi connectivity index (χ3v) is 5.90. The Bertz CT molecular complexity index is 1300. The van der Waals surface area contributed by atoms with E-state index in [1.54, 1.807) is 12.1 Å². The van der Waals surface area contributed by atoms with Crippen LogP contribution in [-0.2, 0) is 0 Å². The monoisotopic (exact) mass is 436 g/mol. The van der Waals surface area contributed by atoms with E-state index < -0.39 is 5.91 Å².